The van der Waals surface area contributed by atoms with E-state index in [1.165, 1.54) is 19.3 Å². The Kier molecular flexibility index (Phi) is 3.80. The SMILES string of the molecule is CCNCc1ccc(COC2CCC2)o1. The van der Waals surface area contributed by atoms with Crippen molar-refractivity contribution in [2.75, 3.05) is 6.54 Å². The second kappa shape index (κ2) is 5.33. The highest BCUT2D eigenvalue weighted by Gasteiger charge is 2.18. The minimum Gasteiger partial charge on any atom is -0.462 e. The molecule has 1 saturated carbocycles. The zero-order valence-electron chi connectivity index (χ0n) is 9.29. The molecule has 0 atom stereocenters. The van der Waals surface area contributed by atoms with Crippen LogP contribution in [0, 0.1) is 0 Å². The van der Waals surface area contributed by atoms with Crippen molar-refractivity contribution >= 4 is 0 Å². The lowest BCUT2D eigenvalue weighted by atomic mass is 9.96. The van der Waals surface area contributed by atoms with E-state index in [1.807, 2.05) is 12.1 Å². The van der Waals surface area contributed by atoms with E-state index in [0.717, 1.165) is 24.6 Å². The summed E-state index contributed by atoms with van der Waals surface area (Å²) in [6.45, 7) is 4.48. The summed E-state index contributed by atoms with van der Waals surface area (Å²) in [6.07, 6.45) is 4.22. The van der Waals surface area contributed by atoms with Crippen LogP contribution in [0.15, 0.2) is 16.5 Å². The lowest BCUT2D eigenvalue weighted by Gasteiger charge is -2.24. The molecule has 0 saturated heterocycles. The van der Waals surface area contributed by atoms with Crippen LogP contribution in [-0.2, 0) is 17.9 Å². The van der Waals surface area contributed by atoms with Gasteiger partial charge in [0.05, 0.1) is 12.6 Å². The summed E-state index contributed by atoms with van der Waals surface area (Å²) in [5, 5.41) is 3.23. The molecule has 0 spiro atoms. The average molecular weight is 209 g/mol. The molecule has 15 heavy (non-hydrogen) atoms. The first-order chi connectivity index (χ1) is 7.38. The fourth-order valence-electron chi connectivity index (χ4n) is 1.58. The molecule has 1 heterocycles. The molecule has 1 aliphatic carbocycles. The second-order valence-corrected chi connectivity index (χ2v) is 4.01. The fraction of sp³-hybridized carbons (Fsp3) is 0.667. The van der Waals surface area contributed by atoms with Gasteiger partial charge >= 0.3 is 0 Å². The van der Waals surface area contributed by atoms with Crippen molar-refractivity contribution in [3.8, 4) is 0 Å². The summed E-state index contributed by atoms with van der Waals surface area (Å²) in [6, 6.07) is 4.02. The molecule has 2 rings (SSSR count). The molecule has 3 heteroatoms. The highest BCUT2D eigenvalue weighted by atomic mass is 16.5. The lowest BCUT2D eigenvalue weighted by molar-refractivity contribution is -0.0160. The van der Waals surface area contributed by atoms with Gasteiger partial charge in [0, 0.05) is 0 Å². The molecule has 3 nitrogen and oxygen atoms in total. The largest absolute Gasteiger partial charge is 0.462 e. The molecule has 0 bridgehead atoms. The van der Waals surface area contributed by atoms with Gasteiger partial charge in [-0.05, 0) is 37.9 Å². The van der Waals surface area contributed by atoms with Crippen LogP contribution in [0.4, 0.5) is 0 Å². The standard InChI is InChI=1S/C12H19NO2/c1-2-13-8-11-6-7-12(15-11)9-14-10-4-3-5-10/h6-7,10,13H,2-5,8-9H2,1H3. The molecule has 1 fully saturated rings. The highest BCUT2D eigenvalue weighted by molar-refractivity contribution is 5.06. The molecule has 0 unspecified atom stereocenters. The Hall–Kier alpha value is -0.800. The summed E-state index contributed by atoms with van der Waals surface area (Å²) in [5.41, 5.74) is 0. The Morgan fingerprint density at radius 3 is 2.87 bits per heavy atom. The Balaban J connectivity index is 1.73. The highest BCUT2D eigenvalue weighted by Crippen LogP contribution is 2.23. The summed E-state index contributed by atoms with van der Waals surface area (Å²) >= 11 is 0. The van der Waals surface area contributed by atoms with Crippen molar-refractivity contribution in [3.05, 3.63) is 23.7 Å². The fourth-order valence-corrected chi connectivity index (χ4v) is 1.58. The average Bonchev–Trinajstić information content (AvgIpc) is 2.60. The minimum absolute atomic E-state index is 0.479. The number of rotatable bonds is 6. The third-order valence-electron chi connectivity index (χ3n) is 2.78. The van der Waals surface area contributed by atoms with Gasteiger partial charge in [0.15, 0.2) is 0 Å². The maximum absolute atomic E-state index is 5.67. The van der Waals surface area contributed by atoms with Gasteiger partial charge < -0.3 is 14.5 Å². The predicted molar refractivity (Wildman–Crippen MR) is 58.5 cm³/mol. The Bertz CT molecular complexity index is 292. The van der Waals surface area contributed by atoms with Crippen molar-refractivity contribution in [1.29, 1.82) is 0 Å². The predicted octanol–water partition coefficient (Wildman–Crippen LogP) is 2.46. The molecule has 84 valence electrons. The van der Waals surface area contributed by atoms with E-state index >= 15 is 0 Å². The topological polar surface area (TPSA) is 34.4 Å². The molecular weight excluding hydrogens is 190 g/mol. The molecule has 1 aromatic rings. The maximum atomic E-state index is 5.67. The van der Waals surface area contributed by atoms with E-state index in [1.54, 1.807) is 0 Å². The number of hydrogen-bond acceptors (Lipinski definition) is 3. The van der Waals surface area contributed by atoms with E-state index in [-0.39, 0.29) is 0 Å². The smallest absolute Gasteiger partial charge is 0.129 e. The van der Waals surface area contributed by atoms with Crippen LogP contribution in [-0.4, -0.2) is 12.6 Å². The molecule has 0 aliphatic heterocycles. The van der Waals surface area contributed by atoms with Crippen LogP contribution >= 0.6 is 0 Å². The quantitative estimate of drug-likeness (QED) is 0.781. The molecule has 1 aromatic heterocycles. The first-order valence-electron chi connectivity index (χ1n) is 5.78. The van der Waals surface area contributed by atoms with Gasteiger partial charge in [0.1, 0.15) is 18.1 Å². The zero-order chi connectivity index (χ0) is 10.5. The molecule has 1 N–H and O–H groups in total. The van der Waals surface area contributed by atoms with E-state index in [2.05, 4.69) is 12.2 Å². The van der Waals surface area contributed by atoms with E-state index in [4.69, 9.17) is 9.15 Å². The van der Waals surface area contributed by atoms with E-state index < -0.39 is 0 Å². The molecular formula is C12H19NO2. The van der Waals surface area contributed by atoms with Crippen molar-refractivity contribution in [2.45, 2.75) is 45.4 Å². The first kappa shape index (κ1) is 10.7. The summed E-state index contributed by atoms with van der Waals surface area (Å²) in [7, 11) is 0. The van der Waals surface area contributed by atoms with Gasteiger partial charge in [-0.1, -0.05) is 6.92 Å². The molecule has 0 aromatic carbocycles. The van der Waals surface area contributed by atoms with Gasteiger partial charge in [-0.15, -0.1) is 0 Å². The van der Waals surface area contributed by atoms with Crippen LogP contribution in [0.2, 0.25) is 0 Å². The van der Waals surface area contributed by atoms with Crippen molar-refractivity contribution in [1.82, 2.24) is 5.32 Å². The van der Waals surface area contributed by atoms with Crippen LogP contribution in [0.1, 0.15) is 37.7 Å². The third kappa shape index (κ3) is 3.08. The summed E-state index contributed by atoms with van der Waals surface area (Å²) < 4.78 is 11.3. The third-order valence-corrected chi connectivity index (χ3v) is 2.78. The number of nitrogens with one attached hydrogen (secondary N) is 1. The van der Waals surface area contributed by atoms with Crippen LogP contribution < -0.4 is 5.32 Å². The maximum Gasteiger partial charge on any atom is 0.129 e. The van der Waals surface area contributed by atoms with Gasteiger partial charge in [-0.3, -0.25) is 0 Å². The lowest BCUT2D eigenvalue weighted by Crippen LogP contribution is -2.20. The van der Waals surface area contributed by atoms with Gasteiger partial charge in [-0.2, -0.15) is 0 Å². The van der Waals surface area contributed by atoms with E-state index in [9.17, 15) is 0 Å². The molecule has 0 amide bonds. The zero-order valence-corrected chi connectivity index (χ0v) is 9.29. The van der Waals surface area contributed by atoms with Gasteiger partial charge in [-0.25, -0.2) is 0 Å². The number of furan rings is 1. The summed E-state index contributed by atoms with van der Waals surface area (Å²) in [4.78, 5) is 0. The van der Waals surface area contributed by atoms with Crippen molar-refractivity contribution < 1.29 is 9.15 Å². The summed E-state index contributed by atoms with van der Waals surface area (Å²) in [5.74, 6) is 1.93. The number of hydrogen-bond donors (Lipinski definition) is 1. The normalized spacial score (nSPS) is 16.6. The Morgan fingerprint density at radius 2 is 2.20 bits per heavy atom. The number of ether oxygens (including phenoxy) is 1. The van der Waals surface area contributed by atoms with E-state index in [0.29, 0.717) is 12.7 Å². The first-order valence-corrected chi connectivity index (χ1v) is 5.78. The van der Waals surface area contributed by atoms with Crippen LogP contribution in [0.3, 0.4) is 0 Å². The molecule has 1 aliphatic rings. The van der Waals surface area contributed by atoms with Gasteiger partial charge in [0.25, 0.3) is 0 Å². The monoisotopic (exact) mass is 209 g/mol. The Morgan fingerprint density at radius 1 is 1.40 bits per heavy atom. The van der Waals surface area contributed by atoms with Crippen LogP contribution in [0.25, 0.3) is 0 Å². The minimum atomic E-state index is 0.479. The van der Waals surface area contributed by atoms with Crippen LogP contribution in [0.5, 0.6) is 0 Å². The molecule has 0 radical (unpaired) electrons. The van der Waals surface area contributed by atoms with Gasteiger partial charge in [0.2, 0.25) is 0 Å². The second-order valence-electron chi connectivity index (χ2n) is 4.01. The van der Waals surface area contributed by atoms with Crippen molar-refractivity contribution in [2.24, 2.45) is 0 Å². The van der Waals surface area contributed by atoms with Crippen molar-refractivity contribution in [3.63, 3.8) is 0 Å². The Labute approximate surface area is 90.8 Å².